The molecule has 2 heterocycles. The normalized spacial score (nSPS) is 41.0. The highest BCUT2D eigenvalue weighted by Crippen LogP contribution is 2.32. The van der Waals surface area contributed by atoms with Gasteiger partial charge >= 0.3 is 11.9 Å². The van der Waals surface area contributed by atoms with Crippen molar-refractivity contribution in [2.45, 2.75) is 75.3 Å². The van der Waals surface area contributed by atoms with Crippen LogP contribution in [0.15, 0.2) is 0 Å². The molecule has 2 rings (SSSR count). The maximum absolute atomic E-state index is 12.2. The smallest absolute Gasteiger partial charge is 0.337 e. The Labute approximate surface area is 178 Å². The van der Waals surface area contributed by atoms with Crippen LogP contribution in [0.25, 0.3) is 0 Å². The molecule has 0 amide bonds. The minimum absolute atomic E-state index is 0.0986. The topological polar surface area (TPSA) is 180 Å². The summed E-state index contributed by atoms with van der Waals surface area (Å²) in [6.45, 7) is 3.46. The molecule has 13 heteroatoms. The van der Waals surface area contributed by atoms with Crippen molar-refractivity contribution < 1.29 is 63.2 Å². The zero-order valence-corrected chi connectivity index (χ0v) is 17.7. The largest absolute Gasteiger partial charge is 0.479 e. The highest BCUT2D eigenvalue weighted by molar-refractivity contribution is 5.75. The van der Waals surface area contributed by atoms with Crippen LogP contribution in [0.3, 0.4) is 0 Å². The standard InChI is InChI=1S/C18H30O13/c1-5-27-10-9(21)12(25-3)18(30-13(10)15(22)23)29-11-7(19)8(20)17(28-6-2)31-14(11)16(24)26-4/h7-14,17-21H,5-6H2,1-4H3,(H,22,23)/t7-,8?,9+,10+,11+,12?,13?,14?,17-,18-/m1/s1. The number of aliphatic hydroxyl groups is 3. The van der Waals surface area contributed by atoms with E-state index in [2.05, 4.69) is 4.74 Å². The Kier molecular flexibility index (Phi) is 9.54. The van der Waals surface area contributed by atoms with Crippen molar-refractivity contribution >= 4 is 11.9 Å². The van der Waals surface area contributed by atoms with Crippen LogP contribution in [-0.4, -0.2) is 121 Å². The van der Waals surface area contributed by atoms with Crippen molar-refractivity contribution in [3.8, 4) is 0 Å². The summed E-state index contributed by atoms with van der Waals surface area (Å²) in [5.41, 5.74) is 0. The Morgan fingerprint density at radius 2 is 1.42 bits per heavy atom. The summed E-state index contributed by atoms with van der Waals surface area (Å²) in [5.74, 6) is -2.37. The molecule has 10 atom stereocenters. The van der Waals surface area contributed by atoms with Gasteiger partial charge in [0.2, 0.25) is 0 Å². The quantitative estimate of drug-likeness (QED) is 0.272. The molecule has 13 nitrogen and oxygen atoms in total. The van der Waals surface area contributed by atoms with Gasteiger partial charge in [-0.15, -0.1) is 0 Å². The molecule has 2 saturated heterocycles. The van der Waals surface area contributed by atoms with Crippen molar-refractivity contribution in [3.63, 3.8) is 0 Å². The third-order valence-electron chi connectivity index (χ3n) is 5.00. The van der Waals surface area contributed by atoms with Gasteiger partial charge in [-0.3, -0.25) is 0 Å². The number of carbonyl (C=O) groups excluding carboxylic acids is 1. The molecule has 31 heavy (non-hydrogen) atoms. The fraction of sp³-hybridized carbons (Fsp3) is 0.889. The molecule has 0 bridgehead atoms. The summed E-state index contributed by atoms with van der Waals surface area (Å²) in [7, 11) is 2.31. The molecule has 0 spiro atoms. The number of esters is 1. The second-order valence-corrected chi connectivity index (χ2v) is 6.86. The first kappa shape index (κ1) is 25.8. The Hall–Kier alpha value is -1.42. The van der Waals surface area contributed by atoms with Gasteiger partial charge in [-0.25, -0.2) is 9.59 Å². The van der Waals surface area contributed by atoms with E-state index >= 15 is 0 Å². The summed E-state index contributed by atoms with van der Waals surface area (Å²) >= 11 is 0. The Balaban J connectivity index is 2.30. The maximum Gasteiger partial charge on any atom is 0.337 e. The fourth-order valence-corrected chi connectivity index (χ4v) is 3.52. The number of carbonyl (C=O) groups is 2. The molecule has 4 N–H and O–H groups in total. The predicted molar refractivity (Wildman–Crippen MR) is 97.7 cm³/mol. The minimum Gasteiger partial charge on any atom is -0.479 e. The maximum atomic E-state index is 12.2. The molecule has 0 saturated carbocycles. The van der Waals surface area contributed by atoms with Crippen molar-refractivity contribution in [2.75, 3.05) is 27.4 Å². The second kappa shape index (κ2) is 11.4. The fourth-order valence-electron chi connectivity index (χ4n) is 3.52. The number of carboxylic acids is 1. The first-order valence-electron chi connectivity index (χ1n) is 9.78. The molecule has 0 aliphatic carbocycles. The van der Waals surface area contributed by atoms with Crippen LogP contribution in [0.2, 0.25) is 0 Å². The zero-order valence-electron chi connectivity index (χ0n) is 17.7. The molecule has 2 fully saturated rings. The number of hydrogen-bond acceptors (Lipinski definition) is 12. The van der Waals surface area contributed by atoms with Crippen molar-refractivity contribution in [1.29, 1.82) is 0 Å². The number of aliphatic carboxylic acids is 1. The number of rotatable bonds is 9. The SMILES string of the molecule is CCO[C@@H]1OC(C(=O)OC)[C@@H](O[C@@H]2OC(C(=O)O)[C@@H](OCC)[C@H](O)C2OC)[C@H](O)C1O. The van der Waals surface area contributed by atoms with E-state index in [1.54, 1.807) is 13.8 Å². The minimum atomic E-state index is -1.71. The number of carboxylic acid groups (broad SMARTS) is 1. The van der Waals surface area contributed by atoms with Crippen LogP contribution < -0.4 is 0 Å². The number of methoxy groups -OCH3 is 2. The molecular weight excluding hydrogens is 424 g/mol. The third-order valence-corrected chi connectivity index (χ3v) is 5.00. The number of aliphatic hydroxyl groups excluding tert-OH is 3. The Morgan fingerprint density at radius 3 is 1.94 bits per heavy atom. The first-order valence-corrected chi connectivity index (χ1v) is 9.78. The zero-order chi connectivity index (χ0) is 23.3. The van der Waals surface area contributed by atoms with Crippen LogP contribution >= 0.6 is 0 Å². The summed E-state index contributed by atoms with van der Waals surface area (Å²) in [6.07, 6.45) is -15.0. The van der Waals surface area contributed by atoms with Gasteiger partial charge in [0.1, 0.15) is 36.6 Å². The van der Waals surface area contributed by atoms with E-state index in [1.165, 1.54) is 7.11 Å². The average molecular weight is 454 g/mol. The Morgan fingerprint density at radius 1 is 0.806 bits per heavy atom. The van der Waals surface area contributed by atoms with Gasteiger partial charge in [0.15, 0.2) is 24.8 Å². The van der Waals surface area contributed by atoms with Gasteiger partial charge in [0.05, 0.1) is 7.11 Å². The lowest BCUT2D eigenvalue weighted by atomic mass is 9.96. The van der Waals surface area contributed by atoms with Gasteiger partial charge in [-0.05, 0) is 13.8 Å². The first-order chi connectivity index (χ1) is 14.7. The highest BCUT2D eigenvalue weighted by Gasteiger charge is 2.55. The lowest BCUT2D eigenvalue weighted by Crippen LogP contribution is -2.66. The lowest BCUT2D eigenvalue weighted by molar-refractivity contribution is -0.354. The molecule has 0 aromatic carbocycles. The summed E-state index contributed by atoms with van der Waals surface area (Å²) < 4.78 is 36.9. The van der Waals surface area contributed by atoms with Crippen LogP contribution in [0.5, 0.6) is 0 Å². The van der Waals surface area contributed by atoms with E-state index in [0.717, 1.165) is 7.11 Å². The van der Waals surface area contributed by atoms with E-state index < -0.39 is 73.4 Å². The summed E-state index contributed by atoms with van der Waals surface area (Å²) in [5, 5.41) is 41.0. The van der Waals surface area contributed by atoms with Crippen LogP contribution in [0.1, 0.15) is 13.8 Å². The van der Waals surface area contributed by atoms with Crippen molar-refractivity contribution in [3.05, 3.63) is 0 Å². The summed E-state index contributed by atoms with van der Waals surface area (Å²) in [6, 6.07) is 0. The van der Waals surface area contributed by atoms with Crippen molar-refractivity contribution in [2.24, 2.45) is 0 Å². The van der Waals surface area contributed by atoms with Gasteiger partial charge in [-0.1, -0.05) is 0 Å². The molecular formula is C18H30O13. The number of hydrogen-bond donors (Lipinski definition) is 4. The molecule has 2 aliphatic rings. The van der Waals surface area contributed by atoms with Crippen molar-refractivity contribution in [1.82, 2.24) is 0 Å². The van der Waals surface area contributed by atoms with Crippen LogP contribution in [0.4, 0.5) is 0 Å². The molecule has 4 unspecified atom stereocenters. The van der Waals surface area contributed by atoms with Gasteiger partial charge < -0.3 is 53.6 Å². The average Bonchev–Trinajstić information content (AvgIpc) is 2.74. The highest BCUT2D eigenvalue weighted by atomic mass is 16.8. The number of ether oxygens (including phenoxy) is 7. The third kappa shape index (κ3) is 5.50. The second-order valence-electron chi connectivity index (χ2n) is 6.86. The van der Waals surface area contributed by atoms with Gasteiger partial charge in [0.25, 0.3) is 0 Å². The molecule has 0 aromatic heterocycles. The Bertz CT molecular complexity index is 601. The van der Waals surface area contributed by atoms with E-state index in [4.69, 9.17) is 28.4 Å². The molecule has 0 aromatic rings. The molecule has 0 radical (unpaired) electrons. The van der Waals surface area contributed by atoms with Crippen LogP contribution in [-0.2, 0) is 42.7 Å². The summed E-state index contributed by atoms with van der Waals surface area (Å²) in [4.78, 5) is 23.9. The van der Waals surface area contributed by atoms with E-state index in [-0.39, 0.29) is 13.2 Å². The van der Waals surface area contributed by atoms with E-state index in [1.807, 2.05) is 0 Å². The predicted octanol–water partition coefficient (Wildman–Crippen LogP) is -2.38. The molecule has 180 valence electrons. The lowest BCUT2D eigenvalue weighted by Gasteiger charge is -2.46. The van der Waals surface area contributed by atoms with E-state index in [0.29, 0.717) is 0 Å². The van der Waals surface area contributed by atoms with Gasteiger partial charge in [-0.2, -0.15) is 0 Å². The van der Waals surface area contributed by atoms with E-state index in [9.17, 15) is 30.0 Å². The monoisotopic (exact) mass is 454 g/mol. The molecule has 2 aliphatic heterocycles. The van der Waals surface area contributed by atoms with Crippen LogP contribution in [0, 0.1) is 0 Å². The van der Waals surface area contributed by atoms with Gasteiger partial charge in [0, 0.05) is 20.3 Å².